The Bertz CT molecular complexity index is 111. The molecule has 1 aliphatic rings. The highest BCUT2D eigenvalue weighted by Gasteiger charge is 2.15. The van der Waals surface area contributed by atoms with Gasteiger partial charge in [-0.2, -0.15) is 0 Å². The highest BCUT2D eigenvalue weighted by molar-refractivity contribution is 8.77. The third-order valence-electron chi connectivity index (χ3n) is 1.78. The van der Waals surface area contributed by atoms with Crippen molar-refractivity contribution >= 4 is 27.9 Å². The van der Waals surface area contributed by atoms with Crippen LogP contribution in [0.25, 0.3) is 0 Å². The second kappa shape index (κ2) is 5.95. The molecule has 63 valence electrons. The summed E-state index contributed by atoms with van der Waals surface area (Å²) in [4.78, 5) is 9.87. The van der Waals surface area contributed by atoms with E-state index in [9.17, 15) is 4.79 Å². The van der Waals surface area contributed by atoms with Crippen LogP contribution in [0.3, 0.4) is 0 Å². The topological polar surface area (TPSA) is 17.1 Å². The molecule has 0 aromatic rings. The maximum atomic E-state index is 9.87. The molecule has 0 amide bonds. The van der Waals surface area contributed by atoms with Crippen LogP contribution in [-0.2, 0) is 4.79 Å². The van der Waals surface area contributed by atoms with E-state index < -0.39 is 0 Å². The highest BCUT2D eigenvalue weighted by atomic mass is 33.1. The largest absolute Gasteiger partial charge is 0.291 e. The Balaban J connectivity index is 1.89. The number of hydrogen-bond donors (Lipinski definition) is 0. The van der Waals surface area contributed by atoms with Crippen molar-refractivity contribution in [2.24, 2.45) is 0 Å². The standard InChI is InChI=1S/C8H13OS2/c9-6-3-1-2-4-8-5-7-10-11-8/h8H,1-5,7H2. The molecule has 3 heteroatoms. The maximum Gasteiger partial charge on any atom is 0.198 e. The van der Waals surface area contributed by atoms with Crippen LogP contribution in [0.5, 0.6) is 0 Å². The Kier molecular flexibility index (Phi) is 5.12. The monoisotopic (exact) mass is 189 g/mol. The minimum absolute atomic E-state index is 0.629. The van der Waals surface area contributed by atoms with E-state index in [0.29, 0.717) is 6.42 Å². The normalized spacial score (nSPS) is 23.8. The Hall–Kier alpha value is 0.370. The smallest absolute Gasteiger partial charge is 0.198 e. The average Bonchev–Trinajstić information content (AvgIpc) is 2.50. The number of rotatable bonds is 5. The molecule has 11 heavy (non-hydrogen) atoms. The molecule has 0 aromatic heterocycles. The van der Waals surface area contributed by atoms with E-state index in [1.807, 2.05) is 27.9 Å². The molecule has 0 spiro atoms. The van der Waals surface area contributed by atoms with Crippen LogP contribution in [0, 0.1) is 0 Å². The van der Waals surface area contributed by atoms with Crippen LogP contribution in [0.15, 0.2) is 0 Å². The third kappa shape index (κ3) is 4.06. The van der Waals surface area contributed by atoms with E-state index in [1.54, 1.807) is 0 Å². The van der Waals surface area contributed by atoms with Crippen LogP contribution >= 0.6 is 21.6 Å². The molecule has 1 heterocycles. The molecule has 1 saturated heterocycles. The molecule has 1 fully saturated rings. The summed E-state index contributed by atoms with van der Waals surface area (Å²) in [6.07, 6.45) is 7.45. The van der Waals surface area contributed by atoms with Gasteiger partial charge in [0.25, 0.3) is 0 Å². The van der Waals surface area contributed by atoms with Crippen molar-refractivity contribution in [3.8, 4) is 0 Å². The fourth-order valence-corrected chi connectivity index (χ4v) is 4.16. The molecule has 1 unspecified atom stereocenters. The fraction of sp³-hybridized carbons (Fsp3) is 0.875. The molecule has 1 nitrogen and oxygen atoms in total. The van der Waals surface area contributed by atoms with Crippen molar-refractivity contribution < 1.29 is 4.79 Å². The molecular weight excluding hydrogens is 176 g/mol. The van der Waals surface area contributed by atoms with Crippen molar-refractivity contribution in [1.82, 2.24) is 0 Å². The lowest BCUT2D eigenvalue weighted by Gasteiger charge is -2.04. The molecule has 0 aliphatic carbocycles. The van der Waals surface area contributed by atoms with E-state index >= 15 is 0 Å². The molecule has 1 radical (unpaired) electrons. The van der Waals surface area contributed by atoms with Gasteiger partial charge in [-0.05, 0) is 19.3 Å². The quantitative estimate of drug-likeness (QED) is 0.489. The summed E-state index contributed by atoms with van der Waals surface area (Å²) in [5.74, 6) is 1.31. The molecule has 0 N–H and O–H groups in total. The van der Waals surface area contributed by atoms with Gasteiger partial charge in [-0.15, -0.1) is 0 Å². The van der Waals surface area contributed by atoms with Crippen LogP contribution < -0.4 is 0 Å². The van der Waals surface area contributed by atoms with Crippen molar-refractivity contribution in [3.63, 3.8) is 0 Å². The number of carbonyl (C=O) groups excluding carboxylic acids is 1. The van der Waals surface area contributed by atoms with Gasteiger partial charge in [0.1, 0.15) is 0 Å². The van der Waals surface area contributed by atoms with Crippen LogP contribution in [0.4, 0.5) is 0 Å². The molecule has 1 aliphatic heterocycles. The lowest BCUT2D eigenvalue weighted by Crippen LogP contribution is -1.96. The SMILES string of the molecule is O=[C]CCCCC1CCSS1. The predicted molar refractivity (Wildman–Crippen MR) is 52.6 cm³/mol. The molecule has 0 bridgehead atoms. The summed E-state index contributed by atoms with van der Waals surface area (Å²) >= 11 is 0. The predicted octanol–water partition coefficient (Wildman–Crippen LogP) is 2.81. The van der Waals surface area contributed by atoms with Gasteiger partial charge in [-0.1, -0.05) is 28.0 Å². The first-order valence-corrected chi connectivity index (χ1v) is 6.45. The Morgan fingerprint density at radius 1 is 1.45 bits per heavy atom. The summed E-state index contributed by atoms with van der Waals surface area (Å²) in [5, 5.41) is 0.867. The summed E-state index contributed by atoms with van der Waals surface area (Å²) < 4.78 is 0. The minimum Gasteiger partial charge on any atom is -0.291 e. The van der Waals surface area contributed by atoms with Gasteiger partial charge in [0.2, 0.25) is 0 Å². The zero-order valence-electron chi connectivity index (χ0n) is 6.54. The lowest BCUT2D eigenvalue weighted by molar-refractivity contribution is 0.544. The molecular formula is C8H13OS2. The Labute approximate surface area is 76.1 Å². The van der Waals surface area contributed by atoms with Gasteiger partial charge in [0, 0.05) is 17.4 Å². The number of hydrogen-bond acceptors (Lipinski definition) is 3. The summed E-state index contributed by atoms with van der Waals surface area (Å²) in [7, 11) is 4.00. The molecule has 1 atom stereocenters. The first-order chi connectivity index (χ1) is 5.43. The van der Waals surface area contributed by atoms with E-state index in [4.69, 9.17) is 0 Å². The first kappa shape index (κ1) is 9.46. The zero-order valence-corrected chi connectivity index (χ0v) is 8.18. The molecule has 0 aromatic carbocycles. The van der Waals surface area contributed by atoms with Crippen LogP contribution in [-0.4, -0.2) is 17.3 Å². The van der Waals surface area contributed by atoms with E-state index in [-0.39, 0.29) is 0 Å². The fourth-order valence-electron chi connectivity index (χ4n) is 1.13. The number of unbranched alkanes of at least 4 members (excludes halogenated alkanes) is 2. The van der Waals surface area contributed by atoms with E-state index in [0.717, 1.165) is 11.7 Å². The average molecular weight is 189 g/mol. The third-order valence-corrected chi connectivity index (χ3v) is 4.79. The van der Waals surface area contributed by atoms with Gasteiger partial charge >= 0.3 is 0 Å². The summed E-state index contributed by atoms with van der Waals surface area (Å²) in [6.45, 7) is 0. The van der Waals surface area contributed by atoms with Gasteiger partial charge in [0.15, 0.2) is 6.29 Å². The van der Waals surface area contributed by atoms with Crippen molar-refractivity contribution in [2.45, 2.75) is 37.4 Å². The Morgan fingerprint density at radius 2 is 2.36 bits per heavy atom. The highest BCUT2D eigenvalue weighted by Crippen LogP contribution is 2.39. The first-order valence-electron chi connectivity index (χ1n) is 4.07. The van der Waals surface area contributed by atoms with Gasteiger partial charge in [-0.25, -0.2) is 0 Å². The minimum atomic E-state index is 0.629. The summed E-state index contributed by atoms with van der Waals surface area (Å²) in [5.41, 5.74) is 0. The van der Waals surface area contributed by atoms with Crippen molar-refractivity contribution in [1.29, 1.82) is 0 Å². The Morgan fingerprint density at radius 3 is 3.00 bits per heavy atom. The second-order valence-electron chi connectivity index (χ2n) is 2.72. The summed E-state index contributed by atoms with van der Waals surface area (Å²) in [6, 6.07) is 0. The van der Waals surface area contributed by atoms with E-state index in [1.165, 1.54) is 25.0 Å². The van der Waals surface area contributed by atoms with E-state index in [2.05, 4.69) is 0 Å². The lowest BCUT2D eigenvalue weighted by atomic mass is 10.1. The molecule has 0 saturated carbocycles. The van der Waals surface area contributed by atoms with Gasteiger partial charge in [-0.3, -0.25) is 4.79 Å². The van der Waals surface area contributed by atoms with Crippen molar-refractivity contribution in [3.05, 3.63) is 0 Å². The van der Waals surface area contributed by atoms with Gasteiger partial charge < -0.3 is 0 Å². The zero-order chi connectivity index (χ0) is 7.94. The van der Waals surface area contributed by atoms with Gasteiger partial charge in [0.05, 0.1) is 0 Å². The van der Waals surface area contributed by atoms with Crippen LogP contribution in [0.2, 0.25) is 0 Å². The molecule has 1 rings (SSSR count). The van der Waals surface area contributed by atoms with Crippen LogP contribution in [0.1, 0.15) is 32.1 Å². The maximum absolute atomic E-state index is 9.87. The van der Waals surface area contributed by atoms with Crippen molar-refractivity contribution in [2.75, 3.05) is 5.75 Å². The second-order valence-corrected chi connectivity index (χ2v) is 5.51.